The van der Waals surface area contributed by atoms with E-state index in [0.717, 1.165) is 27.0 Å². The Hall–Kier alpha value is -1.74. The quantitative estimate of drug-likeness (QED) is 0.255. The summed E-state index contributed by atoms with van der Waals surface area (Å²) in [5, 5.41) is 14.9. The average molecular weight is 603 g/mol. The maximum absolute atomic E-state index is 11.2. The Kier molecular flexibility index (Phi) is 12.6. The molecule has 6 nitrogen and oxygen atoms in total. The predicted octanol–water partition coefficient (Wildman–Crippen LogP) is 2.45. The molecule has 0 aliphatic carbocycles. The van der Waals surface area contributed by atoms with E-state index in [-0.39, 0.29) is 29.6 Å². The van der Waals surface area contributed by atoms with Gasteiger partial charge in [0, 0.05) is 39.6 Å². The van der Waals surface area contributed by atoms with Gasteiger partial charge in [0.25, 0.3) is 0 Å². The number of rotatable bonds is 7. The number of aryl methyl sites for hydroxylation is 1. The standard InChI is InChI=1S/C17H15ClO4.C9H9BrClNO.Na/c1-10-2-4-11(5-3-10)22-16-9-15-13(8-14(16)18)12(17(19)20)6-7-21-15;10-8-2-1-7(9(11)5-8)3-4-12-6-13;/h2-5,8-9,12H,6-7H2,1H3,(H,19,20);1-2,5-6H,3-4H2,(H,12,13);/q;;+1/p-1. The van der Waals surface area contributed by atoms with Crippen LogP contribution in [0.1, 0.15) is 29.0 Å². The summed E-state index contributed by atoms with van der Waals surface area (Å²) in [6.07, 6.45) is 1.82. The Morgan fingerprint density at radius 1 is 1.17 bits per heavy atom. The van der Waals surface area contributed by atoms with Gasteiger partial charge in [-0.25, -0.2) is 0 Å². The van der Waals surface area contributed by atoms with E-state index in [4.69, 9.17) is 32.7 Å². The van der Waals surface area contributed by atoms with Gasteiger partial charge in [0.05, 0.1) is 11.6 Å². The number of carboxylic acids is 1. The number of carbonyl (C=O) groups is 2. The minimum Gasteiger partial charge on any atom is -0.549 e. The van der Waals surface area contributed by atoms with Crippen LogP contribution in [0.5, 0.6) is 17.2 Å². The van der Waals surface area contributed by atoms with E-state index in [1.165, 1.54) is 0 Å². The zero-order valence-electron chi connectivity index (χ0n) is 19.9. The number of hydrogen-bond acceptors (Lipinski definition) is 5. The van der Waals surface area contributed by atoms with Crippen molar-refractivity contribution in [1.29, 1.82) is 0 Å². The van der Waals surface area contributed by atoms with Crippen molar-refractivity contribution >= 4 is 51.5 Å². The van der Waals surface area contributed by atoms with E-state index in [1.807, 2.05) is 49.4 Å². The number of benzene rings is 3. The number of aliphatic carboxylic acids is 1. The Bertz CT molecular complexity index is 1190. The number of fused-ring (bicyclic) bond motifs is 1. The van der Waals surface area contributed by atoms with Gasteiger partial charge in [-0.05, 0) is 55.7 Å². The van der Waals surface area contributed by atoms with E-state index >= 15 is 0 Å². The van der Waals surface area contributed by atoms with E-state index in [0.29, 0.717) is 53.8 Å². The van der Waals surface area contributed by atoms with Gasteiger partial charge < -0.3 is 24.7 Å². The van der Waals surface area contributed by atoms with Crippen molar-refractivity contribution < 1.29 is 53.7 Å². The van der Waals surface area contributed by atoms with Crippen LogP contribution in [0.25, 0.3) is 0 Å². The molecule has 1 aliphatic heterocycles. The van der Waals surface area contributed by atoms with Crippen molar-refractivity contribution in [3.8, 4) is 17.2 Å². The van der Waals surface area contributed by atoms with Gasteiger partial charge >= 0.3 is 29.6 Å². The van der Waals surface area contributed by atoms with E-state index in [2.05, 4.69) is 21.2 Å². The van der Waals surface area contributed by atoms with E-state index in [9.17, 15) is 14.7 Å². The van der Waals surface area contributed by atoms with Crippen molar-refractivity contribution in [1.82, 2.24) is 5.32 Å². The van der Waals surface area contributed by atoms with Crippen molar-refractivity contribution in [2.45, 2.75) is 25.7 Å². The maximum atomic E-state index is 11.2. The van der Waals surface area contributed by atoms with Crippen LogP contribution >= 0.6 is 39.1 Å². The summed E-state index contributed by atoms with van der Waals surface area (Å²) >= 11 is 15.5. The van der Waals surface area contributed by atoms with Crippen LogP contribution in [0.3, 0.4) is 0 Å². The molecule has 1 N–H and O–H groups in total. The zero-order chi connectivity index (χ0) is 25.4. The molecule has 4 rings (SSSR count). The third-order valence-corrected chi connectivity index (χ3v) is 6.41. The van der Waals surface area contributed by atoms with Crippen molar-refractivity contribution in [3.05, 3.63) is 85.8 Å². The van der Waals surface area contributed by atoms with E-state index < -0.39 is 11.9 Å². The molecule has 1 heterocycles. The van der Waals surface area contributed by atoms with Crippen molar-refractivity contribution in [2.75, 3.05) is 13.2 Å². The van der Waals surface area contributed by atoms with Gasteiger partial charge in [0.15, 0.2) is 0 Å². The molecule has 1 amide bonds. The van der Waals surface area contributed by atoms with Gasteiger partial charge in [0.1, 0.15) is 17.2 Å². The molecule has 0 radical (unpaired) electrons. The topological polar surface area (TPSA) is 87.7 Å². The molecule has 0 spiro atoms. The van der Waals surface area contributed by atoms with Gasteiger partial charge in [-0.2, -0.15) is 0 Å². The Morgan fingerprint density at radius 3 is 2.53 bits per heavy atom. The molecule has 1 aliphatic rings. The van der Waals surface area contributed by atoms with Crippen LogP contribution in [-0.4, -0.2) is 25.5 Å². The largest absolute Gasteiger partial charge is 1.00 e. The number of nitrogens with one attached hydrogen (secondary N) is 1. The molecule has 0 aromatic heterocycles. The molecule has 10 heteroatoms. The molecule has 3 aromatic rings. The number of halogens is 3. The smallest absolute Gasteiger partial charge is 0.549 e. The second-order valence-electron chi connectivity index (χ2n) is 7.80. The first kappa shape index (κ1) is 30.5. The first-order valence-corrected chi connectivity index (χ1v) is 12.4. The molecular formula is C26H23BrCl2NNaO5. The Labute approximate surface area is 250 Å². The summed E-state index contributed by atoms with van der Waals surface area (Å²) in [7, 11) is 0. The summed E-state index contributed by atoms with van der Waals surface area (Å²) < 4.78 is 12.2. The molecule has 3 aromatic carbocycles. The van der Waals surface area contributed by atoms with Crippen molar-refractivity contribution in [3.63, 3.8) is 0 Å². The minimum absolute atomic E-state index is 0. The number of ether oxygens (including phenoxy) is 2. The first-order valence-electron chi connectivity index (χ1n) is 10.8. The number of carbonyl (C=O) groups excluding carboxylic acids is 2. The zero-order valence-corrected chi connectivity index (χ0v) is 25.0. The fourth-order valence-electron chi connectivity index (χ4n) is 3.44. The molecule has 1 atom stereocenters. The maximum Gasteiger partial charge on any atom is 1.00 e. The Morgan fingerprint density at radius 2 is 1.89 bits per heavy atom. The third-order valence-electron chi connectivity index (χ3n) is 5.27. The molecule has 0 bridgehead atoms. The molecule has 184 valence electrons. The third kappa shape index (κ3) is 8.68. The van der Waals surface area contributed by atoms with Gasteiger partial charge in [0.2, 0.25) is 6.41 Å². The number of hydrogen-bond donors (Lipinski definition) is 1. The van der Waals surface area contributed by atoms with Gasteiger partial charge in [-0.3, -0.25) is 4.79 Å². The number of amides is 1. The Balaban J connectivity index is 0.000000281. The second kappa shape index (κ2) is 14.9. The molecule has 0 saturated heterocycles. The van der Waals surface area contributed by atoms with Crippen LogP contribution in [0.4, 0.5) is 0 Å². The normalized spacial score (nSPS) is 13.6. The minimum atomic E-state index is -1.12. The fourth-order valence-corrected chi connectivity index (χ4v) is 4.41. The molecule has 36 heavy (non-hydrogen) atoms. The van der Waals surface area contributed by atoms with Crippen LogP contribution < -0.4 is 49.5 Å². The summed E-state index contributed by atoms with van der Waals surface area (Å²) in [4.78, 5) is 21.2. The van der Waals surface area contributed by atoms with Gasteiger partial charge in [-0.1, -0.05) is 62.9 Å². The van der Waals surface area contributed by atoms with Crippen LogP contribution in [0, 0.1) is 6.92 Å². The van der Waals surface area contributed by atoms with Crippen LogP contribution in [0.15, 0.2) is 59.1 Å². The molecule has 0 fully saturated rings. The summed E-state index contributed by atoms with van der Waals surface area (Å²) in [6, 6.07) is 16.5. The van der Waals surface area contributed by atoms with Crippen LogP contribution in [-0.2, 0) is 16.0 Å². The summed E-state index contributed by atoms with van der Waals surface area (Å²) in [5.41, 5.74) is 2.70. The molecular weight excluding hydrogens is 580 g/mol. The number of carboxylic acid groups (broad SMARTS) is 1. The summed E-state index contributed by atoms with van der Waals surface area (Å²) in [5.74, 6) is -0.252. The average Bonchev–Trinajstić information content (AvgIpc) is 2.82. The second-order valence-corrected chi connectivity index (χ2v) is 9.53. The van der Waals surface area contributed by atoms with E-state index in [1.54, 1.807) is 12.1 Å². The van der Waals surface area contributed by atoms with Crippen LogP contribution in [0.2, 0.25) is 10.0 Å². The fraction of sp³-hybridized carbons (Fsp3) is 0.231. The van der Waals surface area contributed by atoms with Crippen molar-refractivity contribution in [2.24, 2.45) is 0 Å². The summed E-state index contributed by atoms with van der Waals surface area (Å²) in [6.45, 7) is 2.94. The molecule has 0 saturated carbocycles. The monoisotopic (exact) mass is 601 g/mol. The predicted molar refractivity (Wildman–Crippen MR) is 137 cm³/mol. The van der Waals surface area contributed by atoms with Gasteiger partial charge in [-0.15, -0.1) is 0 Å². The molecule has 1 unspecified atom stereocenters. The first-order chi connectivity index (χ1) is 16.8. The SMILES string of the molecule is Cc1ccc(Oc2cc3c(cc2Cl)C(C(=O)[O-])CCO3)cc1.O=CNCCc1ccc(Br)cc1Cl.[Na+].